The van der Waals surface area contributed by atoms with Crippen LogP contribution in [0.25, 0.3) is 0 Å². The summed E-state index contributed by atoms with van der Waals surface area (Å²) in [4.78, 5) is 13.3. The van der Waals surface area contributed by atoms with E-state index >= 15 is 0 Å². The van der Waals surface area contributed by atoms with Crippen molar-refractivity contribution in [1.29, 1.82) is 0 Å². The molecule has 13 heavy (non-hydrogen) atoms. The number of rotatable bonds is 1. The van der Waals surface area contributed by atoms with Crippen LogP contribution in [-0.4, -0.2) is 29.1 Å². The highest BCUT2D eigenvalue weighted by atomic mass is 19.4. The van der Waals surface area contributed by atoms with E-state index < -0.39 is 17.7 Å². The van der Waals surface area contributed by atoms with Crippen molar-refractivity contribution >= 4 is 12.3 Å². The van der Waals surface area contributed by atoms with Crippen LogP contribution in [-0.2, 0) is 4.79 Å². The first-order chi connectivity index (χ1) is 5.90. The molecule has 4 nitrogen and oxygen atoms in total. The fourth-order valence-electron chi connectivity index (χ4n) is 0.809. The van der Waals surface area contributed by atoms with Gasteiger partial charge in [0.15, 0.2) is 0 Å². The molecule has 0 saturated carbocycles. The van der Waals surface area contributed by atoms with Crippen LogP contribution in [0.15, 0.2) is 17.3 Å². The van der Waals surface area contributed by atoms with Crippen LogP contribution in [0.3, 0.4) is 0 Å². The minimum absolute atomic E-state index is 0.454. The highest BCUT2D eigenvalue weighted by Gasteiger charge is 2.60. The van der Waals surface area contributed by atoms with Gasteiger partial charge in [0, 0.05) is 6.20 Å². The smallest absolute Gasteiger partial charge is 0.428 e. The quantitative estimate of drug-likeness (QED) is 0.639. The zero-order valence-corrected chi connectivity index (χ0v) is 6.17. The molecule has 72 valence electrons. The van der Waals surface area contributed by atoms with E-state index in [9.17, 15) is 18.0 Å². The number of hydrogen-bond donors (Lipinski definition) is 2. The maximum atomic E-state index is 12.3. The largest absolute Gasteiger partial charge is 0.479 e. The second-order valence-electron chi connectivity index (χ2n) is 2.33. The Morgan fingerprint density at radius 3 is 2.38 bits per heavy atom. The Bertz CT molecular complexity index is 270. The molecule has 2 N–H and O–H groups in total. The van der Waals surface area contributed by atoms with Crippen LogP contribution >= 0.6 is 0 Å². The van der Waals surface area contributed by atoms with Gasteiger partial charge in [-0.2, -0.15) is 13.2 Å². The summed E-state index contributed by atoms with van der Waals surface area (Å²) in [5, 5.41) is 10.6. The van der Waals surface area contributed by atoms with Gasteiger partial charge in [0.05, 0.1) is 6.34 Å². The number of nitrogens with zero attached hydrogens (tertiary/aromatic N) is 1. The average Bonchev–Trinajstić information content (AvgIpc) is 2.03. The lowest BCUT2D eigenvalue weighted by Gasteiger charge is -2.25. The van der Waals surface area contributed by atoms with Crippen molar-refractivity contribution in [3.8, 4) is 0 Å². The van der Waals surface area contributed by atoms with Gasteiger partial charge in [-0.1, -0.05) is 0 Å². The summed E-state index contributed by atoms with van der Waals surface area (Å²) >= 11 is 0. The molecule has 1 aliphatic rings. The average molecular weight is 194 g/mol. The summed E-state index contributed by atoms with van der Waals surface area (Å²) < 4.78 is 36.8. The Kier molecular flexibility index (Phi) is 2.02. The third-order valence-corrected chi connectivity index (χ3v) is 1.52. The second-order valence-corrected chi connectivity index (χ2v) is 2.33. The predicted octanol–water partition coefficient (Wildman–Crippen LogP) is 0.517. The topological polar surface area (TPSA) is 61.7 Å². The van der Waals surface area contributed by atoms with Crippen LogP contribution in [0.1, 0.15) is 0 Å². The standard InChI is InChI=1S/C6H5F3N2O2/c7-6(8,9)5(4(12)13)1-2-10-3-11-5/h1-3H,(H,10,11)(H,12,13). The number of alkyl halides is 3. The number of carboxylic acid groups (broad SMARTS) is 1. The molecule has 1 heterocycles. The molecule has 1 atom stereocenters. The molecule has 0 spiro atoms. The fraction of sp³-hybridized carbons (Fsp3) is 0.333. The Morgan fingerprint density at radius 1 is 1.54 bits per heavy atom. The Balaban J connectivity index is 3.16. The van der Waals surface area contributed by atoms with E-state index in [1.165, 1.54) is 0 Å². The molecule has 0 radical (unpaired) electrons. The van der Waals surface area contributed by atoms with Crippen LogP contribution in [0, 0.1) is 0 Å². The molecule has 0 aromatic carbocycles. The Morgan fingerprint density at radius 2 is 2.15 bits per heavy atom. The van der Waals surface area contributed by atoms with E-state index in [-0.39, 0.29) is 0 Å². The summed E-state index contributed by atoms with van der Waals surface area (Å²) in [6.45, 7) is 0. The molecule has 0 fully saturated rings. The zero-order chi connectivity index (χ0) is 10.1. The molecule has 1 aliphatic heterocycles. The third-order valence-electron chi connectivity index (χ3n) is 1.52. The van der Waals surface area contributed by atoms with Gasteiger partial charge in [0.1, 0.15) is 0 Å². The van der Waals surface area contributed by atoms with Crippen molar-refractivity contribution in [2.45, 2.75) is 11.7 Å². The Hall–Kier alpha value is -1.53. The molecule has 1 unspecified atom stereocenters. The number of aliphatic imine (C=N–C) groups is 1. The van der Waals surface area contributed by atoms with E-state index in [4.69, 9.17) is 5.11 Å². The summed E-state index contributed by atoms with van der Waals surface area (Å²) in [7, 11) is 0. The first-order valence-electron chi connectivity index (χ1n) is 3.18. The third kappa shape index (κ3) is 1.36. The lowest BCUT2D eigenvalue weighted by molar-refractivity contribution is -0.190. The maximum Gasteiger partial charge on any atom is 0.428 e. The van der Waals surface area contributed by atoms with Crippen molar-refractivity contribution in [2.24, 2.45) is 4.99 Å². The van der Waals surface area contributed by atoms with E-state index in [1.807, 2.05) is 0 Å². The Labute approximate surface area is 70.8 Å². The van der Waals surface area contributed by atoms with Crippen molar-refractivity contribution in [3.63, 3.8) is 0 Å². The fourth-order valence-corrected chi connectivity index (χ4v) is 0.809. The molecule has 0 bridgehead atoms. The van der Waals surface area contributed by atoms with Gasteiger partial charge < -0.3 is 10.4 Å². The lowest BCUT2D eigenvalue weighted by Crippen LogP contribution is -2.50. The summed E-state index contributed by atoms with van der Waals surface area (Å²) in [6, 6.07) is 0. The normalized spacial score (nSPS) is 27.0. The second kappa shape index (κ2) is 2.75. The van der Waals surface area contributed by atoms with Crippen LogP contribution in [0.2, 0.25) is 0 Å². The number of aliphatic carboxylic acids is 1. The summed E-state index contributed by atoms with van der Waals surface area (Å²) in [6.07, 6.45) is -2.90. The monoisotopic (exact) mass is 194 g/mol. The van der Waals surface area contributed by atoms with Crippen molar-refractivity contribution in [3.05, 3.63) is 12.3 Å². The van der Waals surface area contributed by atoms with E-state index in [0.29, 0.717) is 12.4 Å². The predicted molar refractivity (Wildman–Crippen MR) is 37.2 cm³/mol. The molecule has 1 rings (SSSR count). The van der Waals surface area contributed by atoms with Gasteiger partial charge in [-0.05, 0) is 6.08 Å². The van der Waals surface area contributed by atoms with Gasteiger partial charge in [-0.15, -0.1) is 0 Å². The molecule has 0 aromatic rings. The first-order valence-corrected chi connectivity index (χ1v) is 3.18. The molecule has 0 amide bonds. The SMILES string of the molecule is O=C(O)C1(C(F)(F)F)C=CNC=N1. The van der Waals surface area contributed by atoms with Gasteiger partial charge in [-0.25, -0.2) is 9.79 Å². The van der Waals surface area contributed by atoms with Crippen molar-refractivity contribution in [2.75, 3.05) is 0 Å². The number of carboxylic acids is 1. The minimum atomic E-state index is -4.94. The van der Waals surface area contributed by atoms with Crippen molar-refractivity contribution < 1.29 is 23.1 Å². The summed E-state index contributed by atoms with van der Waals surface area (Å²) in [5.41, 5.74) is -3.14. The number of nitrogens with one attached hydrogen (secondary N) is 1. The molecule has 7 heteroatoms. The molecule has 0 aromatic heterocycles. The highest BCUT2D eigenvalue weighted by Crippen LogP contribution is 2.35. The summed E-state index contributed by atoms with van der Waals surface area (Å²) in [5.74, 6) is -2.05. The van der Waals surface area contributed by atoms with Crippen LogP contribution < -0.4 is 5.32 Å². The first kappa shape index (κ1) is 9.56. The van der Waals surface area contributed by atoms with Crippen LogP contribution in [0.4, 0.5) is 13.2 Å². The number of halogens is 3. The number of carbonyl (C=O) groups is 1. The van der Waals surface area contributed by atoms with Gasteiger partial charge in [0.25, 0.3) is 5.54 Å². The van der Waals surface area contributed by atoms with Crippen LogP contribution in [0.5, 0.6) is 0 Å². The van der Waals surface area contributed by atoms with E-state index in [2.05, 4.69) is 10.3 Å². The van der Waals surface area contributed by atoms with Gasteiger partial charge >= 0.3 is 12.1 Å². The number of hydrogen-bond acceptors (Lipinski definition) is 3. The molecular weight excluding hydrogens is 189 g/mol. The van der Waals surface area contributed by atoms with E-state index in [1.54, 1.807) is 0 Å². The van der Waals surface area contributed by atoms with Crippen molar-refractivity contribution in [1.82, 2.24) is 5.32 Å². The molecule has 0 aliphatic carbocycles. The van der Waals surface area contributed by atoms with Gasteiger partial charge in [-0.3, -0.25) is 0 Å². The molecular formula is C6H5F3N2O2. The zero-order valence-electron chi connectivity index (χ0n) is 6.17. The van der Waals surface area contributed by atoms with Gasteiger partial charge in [0.2, 0.25) is 0 Å². The minimum Gasteiger partial charge on any atom is -0.479 e. The molecule has 0 saturated heterocycles. The maximum absolute atomic E-state index is 12.3. The van der Waals surface area contributed by atoms with E-state index in [0.717, 1.165) is 6.20 Å². The highest BCUT2D eigenvalue weighted by molar-refractivity contribution is 5.86. The lowest BCUT2D eigenvalue weighted by atomic mass is 9.99.